The van der Waals surface area contributed by atoms with Crippen LogP contribution in [0.5, 0.6) is 0 Å². The molecule has 3 aromatic rings. The van der Waals surface area contributed by atoms with Crippen molar-refractivity contribution in [1.29, 1.82) is 0 Å². The quantitative estimate of drug-likeness (QED) is 0.493. The van der Waals surface area contributed by atoms with Crippen molar-refractivity contribution >= 4 is 23.4 Å². The van der Waals surface area contributed by atoms with Crippen molar-refractivity contribution in [2.24, 2.45) is 0 Å². The number of hydrogen-bond acceptors (Lipinski definition) is 6. The maximum absolute atomic E-state index is 13.0. The highest BCUT2D eigenvalue weighted by Crippen LogP contribution is 2.32. The zero-order valence-corrected chi connectivity index (χ0v) is 19.0. The minimum atomic E-state index is -4.38. The maximum atomic E-state index is 13.0. The summed E-state index contributed by atoms with van der Waals surface area (Å²) < 4.78 is 44.6. The molecule has 1 saturated heterocycles. The second-order valence-corrected chi connectivity index (χ2v) is 8.80. The molecule has 33 heavy (non-hydrogen) atoms. The van der Waals surface area contributed by atoms with Crippen molar-refractivity contribution in [2.45, 2.75) is 25.2 Å². The second-order valence-electron chi connectivity index (χ2n) is 7.88. The molecule has 0 aliphatic carbocycles. The van der Waals surface area contributed by atoms with Gasteiger partial charge in [-0.3, -0.25) is 4.79 Å². The van der Waals surface area contributed by atoms with Crippen molar-refractivity contribution in [3.8, 4) is 11.5 Å². The second kappa shape index (κ2) is 9.46. The van der Waals surface area contributed by atoms with Gasteiger partial charge >= 0.3 is 6.18 Å². The zero-order chi connectivity index (χ0) is 23.6. The number of benzene rings is 2. The van der Waals surface area contributed by atoms with Crippen LogP contribution < -0.4 is 4.90 Å². The number of carbonyl (C=O) groups excluding carboxylic acids is 1. The van der Waals surface area contributed by atoms with Gasteiger partial charge in [-0.25, -0.2) is 0 Å². The Morgan fingerprint density at radius 1 is 1.03 bits per heavy atom. The molecule has 0 spiro atoms. The molecule has 1 aromatic heterocycles. The van der Waals surface area contributed by atoms with Gasteiger partial charge in [0.2, 0.25) is 11.8 Å². The highest BCUT2D eigenvalue weighted by Gasteiger charge is 2.31. The molecule has 2 heterocycles. The first-order valence-electron chi connectivity index (χ1n) is 10.4. The fourth-order valence-electron chi connectivity index (χ4n) is 3.57. The fourth-order valence-corrected chi connectivity index (χ4v) is 4.23. The standard InChI is InChI=1S/C23H23F3N4O2S/c1-15-6-7-17(12-16(15)2)21-27-28-22(32-21)33-14-20(31)30-10-8-29(9-11-30)19-5-3-4-18(13-19)23(24,25)26/h3-7,12-13H,8-11,14H2,1-2H3. The third-order valence-electron chi connectivity index (χ3n) is 5.65. The van der Waals surface area contributed by atoms with E-state index in [1.165, 1.54) is 23.4 Å². The molecule has 1 fully saturated rings. The number of aromatic nitrogens is 2. The zero-order valence-electron chi connectivity index (χ0n) is 18.2. The number of piperazine rings is 1. The molecule has 0 atom stereocenters. The lowest BCUT2D eigenvalue weighted by atomic mass is 10.1. The molecule has 0 saturated carbocycles. The van der Waals surface area contributed by atoms with E-state index < -0.39 is 11.7 Å². The molecule has 0 radical (unpaired) electrons. The molecule has 1 aliphatic rings. The van der Waals surface area contributed by atoms with Crippen molar-refractivity contribution in [1.82, 2.24) is 15.1 Å². The largest absolute Gasteiger partial charge is 0.416 e. The normalized spacial score (nSPS) is 14.6. The lowest BCUT2D eigenvalue weighted by molar-refractivity contribution is -0.137. The number of anilines is 1. The smallest absolute Gasteiger partial charge is 0.411 e. The van der Waals surface area contributed by atoms with Crippen LogP contribution >= 0.6 is 11.8 Å². The third kappa shape index (κ3) is 5.50. The minimum Gasteiger partial charge on any atom is -0.411 e. The van der Waals surface area contributed by atoms with Gasteiger partial charge in [0.1, 0.15) is 0 Å². The summed E-state index contributed by atoms with van der Waals surface area (Å²) in [6.45, 7) is 5.85. The first-order chi connectivity index (χ1) is 15.7. The van der Waals surface area contributed by atoms with Crippen LogP contribution in [0.2, 0.25) is 0 Å². The van der Waals surface area contributed by atoms with Crippen molar-refractivity contribution in [2.75, 3.05) is 36.8 Å². The van der Waals surface area contributed by atoms with Crippen molar-refractivity contribution in [3.63, 3.8) is 0 Å². The molecule has 174 valence electrons. The molecule has 1 amide bonds. The molecular formula is C23H23F3N4O2S. The Labute approximate surface area is 193 Å². The summed E-state index contributed by atoms with van der Waals surface area (Å²) in [5.74, 6) is 0.482. The summed E-state index contributed by atoms with van der Waals surface area (Å²) in [6.07, 6.45) is -4.38. The average molecular weight is 477 g/mol. The molecule has 2 aromatic carbocycles. The van der Waals surface area contributed by atoms with E-state index in [0.29, 0.717) is 43.0 Å². The predicted octanol–water partition coefficient (Wildman–Crippen LogP) is 4.81. The van der Waals surface area contributed by atoms with Crippen LogP contribution in [0.4, 0.5) is 18.9 Å². The maximum Gasteiger partial charge on any atom is 0.416 e. The number of hydrogen-bond donors (Lipinski definition) is 0. The van der Waals surface area contributed by atoms with Crippen LogP contribution in [0, 0.1) is 13.8 Å². The highest BCUT2D eigenvalue weighted by molar-refractivity contribution is 7.99. The predicted molar refractivity (Wildman–Crippen MR) is 120 cm³/mol. The summed E-state index contributed by atoms with van der Waals surface area (Å²) in [5.41, 5.74) is 2.96. The Morgan fingerprint density at radius 3 is 2.48 bits per heavy atom. The van der Waals surface area contributed by atoms with E-state index in [-0.39, 0.29) is 11.7 Å². The molecule has 0 N–H and O–H groups in total. The molecular weight excluding hydrogens is 453 g/mol. The van der Waals surface area contributed by atoms with Gasteiger partial charge < -0.3 is 14.2 Å². The number of alkyl halides is 3. The van der Waals surface area contributed by atoms with Gasteiger partial charge in [-0.15, -0.1) is 10.2 Å². The topological polar surface area (TPSA) is 62.5 Å². The van der Waals surface area contributed by atoms with E-state index in [4.69, 9.17) is 4.42 Å². The Morgan fingerprint density at radius 2 is 1.79 bits per heavy atom. The highest BCUT2D eigenvalue weighted by atomic mass is 32.2. The van der Waals surface area contributed by atoms with Gasteiger partial charge in [0, 0.05) is 37.4 Å². The average Bonchev–Trinajstić information content (AvgIpc) is 3.28. The SMILES string of the molecule is Cc1ccc(-c2nnc(SCC(=O)N3CCN(c4cccc(C(F)(F)F)c4)CC3)o2)cc1C. The van der Waals surface area contributed by atoms with Gasteiger partial charge in [0.15, 0.2) is 0 Å². The summed E-state index contributed by atoms with van der Waals surface area (Å²) in [4.78, 5) is 16.2. The number of thioether (sulfide) groups is 1. The lowest BCUT2D eigenvalue weighted by Crippen LogP contribution is -2.49. The minimum absolute atomic E-state index is 0.0744. The van der Waals surface area contributed by atoms with E-state index in [1.54, 1.807) is 11.0 Å². The van der Waals surface area contributed by atoms with Crippen molar-refractivity contribution < 1.29 is 22.4 Å². The third-order valence-corrected chi connectivity index (χ3v) is 6.45. The van der Waals surface area contributed by atoms with Crippen LogP contribution in [0.25, 0.3) is 11.5 Å². The number of amides is 1. The number of nitrogens with zero attached hydrogens (tertiary/aromatic N) is 4. The van der Waals surface area contributed by atoms with E-state index in [0.717, 1.165) is 23.3 Å². The van der Waals surface area contributed by atoms with Gasteiger partial charge in [-0.1, -0.05) is 23.9 Å². The molecule has 4 rings (SSSR count). The van der Waals surface area contributed by atoms with E-state index in [1.807, 2.05) is 36.9 Å². The van der Waals surface area contributed by atoms with Crippen LogP contribution in [0.15, 0.2) is 52.1 Å². The first kappa shape index (κ1) is 23.2. The number of aryl methyl sites for hydroxylation is 2. The number of rotatable bonds is 5. The molecule has 0 unspecified atom stereocenters. The summed E-state index contributed by atoms with van der Waals surface area (Å²) in [7, 11) is 0. The summed E-state index contributed by atoms with van der Waals surface area (Å²) in [6, 6.07) is 11.2. The van der Waals surface area contributed by atoms with E-state index >= 15 is 0 Å². The van der Waals surface area contributed by atoms with Gasteiger partial charge in [0.05, 0.1) is 11.3 Å². The van der Waals surface area contributed by atoms with Crippen LogP contribution in [0.1, 0.15) is 16.7 Å². The number of halogens is 3. The number of carbonyl (C=O) groups is 1. The van der Waals surface area contributed by atoms with Crippen LogP contribution in [0.3, 0.4) is 0 Å². The van der Waals surface area contributed by atoms with Gasteiger partial charge in [-0.05, 0) is 55.3 Å². The summed E-state index contributed by atoms with van der Waals surface area (Å²) >= 11 is 1.18. The first-order valence-corrected chi connectivity index (χ1v) is 11.4. The van der Waals surface area contributed by atoms with Crippen LogP contribution in [-0.2, 0) is 11.0 Å². The molecule has 0 bridgehead atoms. The molecule has 6 nitrogen and oxygen atoms in total. The molecule has 10 heteroatoms. The Balaban J connectivity index is 1.29. The lowest BCUT2D eigenvalue weighted by Gasteiger charge is -2.36. The van der Waals surface area contributed by atoms with Crippen LogP contribution in [-0.4, -0.2) is 52.9 Å². The Hall–Kier alpha value is -3.01. The fraction of sp³-hybridized carbons (Fsp3) is 0.348. The monoisotopic (exact) mass is 476 g/mol. The molecule has 1 aliphatic heterocycles. The van der Waals surface area contributed by atoms with Gasteiger partial charge in [-0.2, -0.15) is 13.2 Å². The summed E-state index contributed by atoms with van der Waals surface area (Å²) in [5, 5.41) is 8.40. The Bertz CT molecular complexity index is 1140. The van der Waals surface area contributed by atoms with Crippen molar-refractivity contribution in [3.05, 3.63) is 59.2 Å². The Kier molecular flexibility index (Phi) is 6.64. The van der Waals surface area contributed by atoms with E-state index in [2.05, 4.69) is 10.2 Å². The van der Waals surface area contributed by atoms with E-state index in [9.17, 15) is 18.0 Å². The van der Waals surface area contributed by atoms with Gasteiger partial charge in [0.25, 0.3) is 5.22 Å².